The van der Waals surface area contributed by atoms with Crippen molar-refractivity contribution in [1.29, 1.82) is 0 Å². The van der Waals surface area contributed by atoms with Gasteiger partial charge in [0, 0.05) is 30.2 Å². The van der Waals surface area contributed by atoms with Gasteiger partial charge in [-0.05, 0) is 25.5 Å². The van der Waals surface area contributed by atoms with E-state index in [0.29, 0.717) is 0 Å². The van der Waals surface area contributed by atoms with Crippen molar-refractivity contribution in [2.24, 2.45) is 4.40 Å². The highest BCUT2D eigenvalue weighted by atomic mass is 32.2. The van der Waals surface area contributed by atoms with E-state index in [4.69, 9.17) is 4.74 Å². The number of hydrogen-bond donors (Lipinski definition) is 0. The van der Waals surface area contributed by atoms with Gasteiger partial charge in [0.15, 0.2) is 0 Å². The second-order valence-electron chi connectivity index (χ2n) is 3.91. The van der Waals surface area contributed by atoms with E-state index in [9.17, 15) is 0 Å². The highest BCUT2D eigenvalue weighted by Crippen LogP contribution is 2.20. The zero-order valence-electron chi connectivity index (χ0n) is 10.1. The molecule has 3 heteroatoms. The van der Waals surface area contributed by atoms with Gasteiger partial charge in [-0.15, -0.1) is 0 Å². The molecule has 1 aromatic rings. The number of hydrogen-bond acceptors (Lipinski definition) is 3. The Bertz CT molecular complexity index is 326. The van der Waals surface area contributed by atoms with Crippen LogP contribution in [0, 0.1) is 0 Å². The van der Waals surface area contributed by atoms with Crippen LogP contribution in [0.1, 0.15) is 26.7 Å². The van der Waals surface area contributed by atoms with Gasteiger partial charge in [-0.3, -0.25) is 0 Å². The summed E-state index contributed by atoms with van der Waals surface area (Å²) in [5, 5.41) is 0. The molecule has 0 radical (unpaired) electrons. The Morgan fingerprint density at radius 3 is 2.62 bits per heavy atom. The smallest absolute Gasteiger partial charge is 0.101 e. The van der Waals surface area contributed by atoms with Crippen molar-refractivity contribution in [3.05, 3.63) is 30.3 Å². The molecule has 0 saturated carbocycles. The summed E-state index contributed by atoms with van der Waals surface area (Å²) in [4.78, 5) is 1.15. The summed E-state index contributed by atoms with van der Waals surface area (Å²) in [5.41, 5.74) is -0.240. The zero-order chi connectivity index (χ0) is 11.9. The third kappa shape index (κ3) is 4.37. The molecule has 0 bridgehead atoms. The molecule has 0 heterocycles. The van der Waals surface area contributed by atoms with Gasteiger partial charge in [-0.2, -0.15) is 0 Å². The average Bonchev–Trinajstić information content (AvgIpc) is 2.31. The van der Waals surface area contributed by atoms with Crippen molar-refractivity contribution < 1.29 is 4.74 Å². The van der Waals surface area contributed by atoms with E-state index in [1.807, 2.05) is 36.5 Å². The zero-order valence-corrected chi connectivity index (χ0v) is 11.0. The molecule has 0 saturated heterocycles. The number of nitrogens with zero attached hydrogens (tertiary/aromatic N) is 1. The predicted octanol–water partition coefficient (Wildman–Crippen LogP) is 3.97. The highest BCUT2D eigenvalue weighted by Gasteiger charge is 2.19. The Kier molecular flexibility index (Phi) is 5.56. The largest absolute Gasteiger partial charge is 0.373 e. The number of methoxy groups -OCH3 is 1. The molecule has 1 rings (SSSR count). The van der Waals surface area contributed by atoms with E-state index in [2.05, 4.69) is 18.2 Å². The van der Waals surface area contributed by atoms with Crippen LogP contribution in [0.15, 0.2) is 39.6 Å². The van der Waals surface area contributed by atoms with Gasteiger partial charge in [0.2, 0.25) is 0 Å². The summed E-state index contributed by atoms with van der Waals surface area (Å²) < 4.78 is 9.82. The number of rotatable bonds is 6. The van der Waals surface area contributed by atoms with E-state index in [0.717, 1.165) is 17.7 Å². The molecule has 0 aliphatic carbocycles. The summed E-state index contributed by atoms with van der Waals surface area (Å²) in [6, 6.07) is 10.1. The van der Waals surface area contributed by atoms with Crippen molar-refractivity contribution >= 4 is 18.2 Å². The van der Waals surface area contributed by atoms with Gasteiger partial charge in [0.05, 0.1) is 0 Å². The van der Waals surface area contributed by atoms with E-state index < -0.39 is 0 Å². The second-order valence-corrected chi connectivity index (χ2v) is 4.77. The van der Waals surface area contributed by atoms with Crippen LogP contribution in [-0.4, -0.2) is 18.9 Å². The quantitative estimate of drug-likeness (QED) is 0.551. The molecule has 0 amide bonds. The lowest BCUT2D eigenvalue weighted by molar-refractivity contribution is 0.0627. The fourth-order valence-electron chi connectivity index (χ4n) is 1.40. The minimum absolute atomic E-state index is 0.240. The molecule has 1 unspecified atom stereocenters. The lowest BCUT2D eigenvalue weighted by Gasteiger charge is -2.22. The molecule has 0 aliphatic rings. The van der Waals surface area contributed by atoms with Crippen molar-refractivity contribution in [1.82, 2.24) is 0 Å². The Labute approximate surface area is 102 Å². The minimum Gasteiger partial charge on any atom is -0.373 e. The number of ether oxygens (including phenoxy) is 1. The molecule has 2 nitrogen and oxygen atoms in total. The average molecular weight is 237 g/mol. The molecule has 0 fully saturated rings. The fourth-order valence-corrected chi connectivity index (χ4v) is 2.07. The van der Waals surface area contributed by atoms with Gasteiger partial charge >= 0.3 is 0 Å². The standard InChI is InChI=1S/C13H19NOS/c1-4-10-13(2,15-3)11-14-16-12-8-6-5-7-9-12/h5-9,11H,4,10H2,1-3H3. The first-order chi connectivity index (χ1) is 7.70. The Balaban J connectivity index is 2.53. The summed E-state index contributed by atoms with van der Waals surface area (Å²) in [5.74, 6) is 0. The first-order valence-corrected chi connectivity index (χ1v) is 6.29. The van der Waals surface area contributed by atoms with Gasteiger partial charge in [0.1, 0.15) is 5.60 Å². The summed E-state index contributed by atoms with van der Waals surface area (Å²) in [6.07, 6.45) is 3.98. The summed E-state index contributed by atoms with van der Waals surface area (Å²) >= 11 is 1.48. The Morgan fingerprint density at radius 2 is 2.06 bits per heavy atom. The first kappa shape index (κ1) is 13.3. The first-order valence-electron chi connectivity index (χ1n) is 5.52. The molecule has 0 N–H and O–H groups in total. The van der Waals surface area contributed by atoms with E-state index in [1.54, 1.807) is 7.11 Å². The maximum atomic E-state index is 5.45. The molecule has 0 aromatic heterocycles. The van der Waals surface area contributed by atoms with Crippen LogP contribution >= 0.6 is 11.9 Å². The van der Waals surface area contributed by atoms with Crippen LogP contribution in [0.2, 0.25) is 0 Å². The monoisotopic (exact) mass is 237 g/mol. The molecule has 1 atom stereocenters. The maximum absolute atomic E-state index is 5.45. The van der Waals surface area contributed by atoms with Gasteiger partial charge in [0.25, 0.3) is 0 Å². The van der Waals surface area contributed by atoms with E-state index >= 15 is 0 Å². The van der Waals surface area contributed by atoms with Gasteiger partial charge in [-0.25, -0.2) is 4.40 Å². The van der Waals surface area contributed by atoms with E-state index in [-0.39, 0.29) is 5.60 Å². The van der Waals surface area contributed by atoms with Crippen molar-refractivity contribution in [2.75, 3.05) is 7.11 Å². The predicted molar refractivity (Wildman–Crippen MR) is 71.1 cm³/mol. The Morgan fingerprint density at radius 1 is 1.38 bits per heavy atom. The molecule has 0 aliphatic heterocycles. The Hall–Kier alpha value is -0.800. The van der Waals surface area contributed by atoms with Crippen LogP contribution < -0.4 is 0 Å². The normalized spacial score (nSPS) is 15.2. The van der Waals surface area contributed by atoms with Crippen molar-refractivity contribution in [2.45, 2.75) is 37.2 Å². The van der Waals surface area contributed by atoms with Crippen molar-refractivity contribution in [3.8, 4) is 0 Å². The molecular weight excluding hydrogens is 218 g/mol. The topological polar surface area (TPSA) is 21.6 Å². The van der Waals surface area contributed by atoms with Crippen molar-refractivity contribution in [3.63, 3.8) is 0 Å². The van der Waals surface area contributed by atoms with Gasteiger partial charge < -0.3 is 4.74 Å². The molecular formula is C13H19NOS. The summed E-state index contributed by atoms with van der Waals surface area (Å²) in [6.45, 7) is 4.21. The van der Waals surface area contributed by atoms with Crippen LogP contribution in [0.3, 0.4) is 0 Å². The lowest BCUT2D eigenvalue weighted by Crippen LogP contribution is -2.28. The molecule has 88 valence electrons. The van der Waals surface area contributed by atoms with Crippen LogP contribution in [-0.2, 0) is 4.74 Å². The molecule has 16 heavy (non-hydrogen) atoms. The molecule has 0 spiro atoms. The minimum atomic E-state index is -0.240. The summed E-state index contributed by atoms with van der Waals surface area (Å²) in [7, 11) is 1.73. The van der Waals surface area contributed by atoms with Crippen LogP contribution in [0.5, 0.6) is 0 Å². The third-order valence-electron chi connectivity index (χ3n) is 2.44. The van der Waals surface area contributed by atoms with Gasteiger partial charge in [-0.1, -0.05) is 31.5 Å². The van der Waals surface area contributed by atoms with Crippen LogP contribution in [0.25, 0.3) is 0 Å². The third-order valence-corrected chi connectivity index (χ3v) is 3.13. The lowest BCUT2D eigenvalue weighted by atomic mass is 10.0. The second kappa shape index (κ2) is 6.71. The number of benzene rings is 1. The van der Waals surface area contributed by atoms with E-state index in [1.165, 1.54) is 11.9 Å². The van der Waals surface area contributed by atoms with Crippen LogP contribution in [0.4, 0.5) is 0 Å². The fraction of sp³-hybridized carbons (Fsp3) is 0.462. The molecule has 1 aromatic carbocycles. The SMILES string of the molecule is CCCC(C)(C=NSc1ccccc1)OC. The highest BCUT2D eigenvalue weighted by molar-refractivity contribution is 7.98. The maximum Gasteiger partial charge on any atom is 0.101 e.